The lowest BCUT2D eigenvalue weighted by molar-refractivity contribution is 0.122. The van der Waals surface area contributed by atoms with Gasteiger partial charge in [-0.1, -0.05) is 24.1 Å². The number of aromatic nitrogens is 4. The zero-order valence-corrected chi connectivity index (χ0v) is 14.2. The Morgan fingerprint density at radius 1 is 1.21 bits per heavy atom. The lowest BCUT2D eigenvalue weighted by atomic mass is 10.0. The Kier molecular flexibility index (Phi) is 4.45. The maximum Gasteiger partial charge on any atom is 0.137 e. The molecular weight excluding hydrogens is 322 g/mol. The Bertz CT molecular complexity index is 817. The van der Waals surface area contributed by atoms with Gasteiger partial charge in [-0.2, -0.15) is 5.10 Å². The minimum Gasteiger partial charge on any atom is -0.294 e. The largest absolute Gasteiger partial charge is 0.294 e. The molecule has 1 aliphatic heterocycles. The number of nitrogens with zero attached hydrogens (tertiary/aromatic N) is 5. The van der Waals surface area contributed by atoms with E-state index in [0.29, 0.717) is 6.04 Å². The highest BCUT2D eigenvalue weighted by Gasteiger charge is 2.24. The average Bonchev–Trinajstić information content (AvgIpc) is 3.12. The second-order valence-corrected chi connectivity index (χ2v) is 6.75. The summed E-state index contributed by atoms with van der Waals surface area (Å²) in [5.41, 5.74) is 2.25. The highest BCUT2D eigenvalue weighted by Crippen LogP contribution is 2.28. The number of hydrogen-bond donors (Lipinski definition) is 0. The van der Waals surface area contributed by atoms with Gasteiger partial charge < -0.3 is 0 Å². The number of halogens is 1. The molecule has 0 unspecified atom stereocenters. The van der Waals surface area contributed by atoms with Crippen molar-refractivity contribution in [2.75, 3.05) is 6.54 Å². The van der Waals surface area contributed by atoms with Crippen molar-refractivity contribution in [2.24, 2.45) is 0 Å². The number of pyridine rings is 1. The van der Waals surface area contributed by atoms with Crippen LogP contribution in [-0.4, -0.2) is 37.2 Å². The fourth-order valence-electron chi connectivity index (χ4n) is 3.56. The minimum absolute atomic E-state index is 0.481. The van der Waals surface area contributed by atoms with Crippen molar-refractivity contribution < 1.29 is 0 Å². The van der Waals surface area contributed by atoms with Gasteiger partial charge in [0.25, 0.3) is 0 Å². The summed E-state index contributed by atoms with van der Waals surface area (Å²) < 4.78 is 1.93. The van der Waals surface area contributed by atoms with Gasteiger partial charge in [0, 0.05) is 29.2 Å². The summed E-state index contributed by atoms with van der Waals surface area (Å²) in [6.45, 7) is 2.89. The molecule has 3 heterocycles. The van der Waals surface area contributed by atoms with Crippen LogP contribution in [0.4, 0.5) is 0 Å². The molecule has 0 saturated carbocycles. The predicted molar refractivity (Wildman–Crippen MR) is 94.8 cm³/mol. The normalized spacial score (nSPS) is 19.0. The lowest BCUT2D eigenvalue weighted by Crippen LogP contribution is -2.41. The number of hydrogen-bond acceptors (Lipinski definition) is 4. The van der Waals surface area contributed by atoms with E-state index in [4.69, 9.17) is 11.6 Å². The maximum atomic E-state index is 6.32. The van der Waals surface area contributed by atoms with Gasteiger partial charge in [0.2, 0.25) is 0 Å². The van der Waals surface area contributed by atoms with E-state index in [0.717, 1.165) is 35.6 Å². The van der Waals surface area contributed by atoms with Crippen LogP contribution in [0.2, 0.25) is 5.02 Å². The molecule has 0 bridgehead atoms. The van der Waals surface area contributed by atoms with Crippen molar-refractivity contribution in [1.82, 2.24) is 24.6 Å². The van der Waals surface area contributed by atoms with E-state index in [9.17, 15) is 0 Å². The number of benzene rings is 1. The van der Waals surface area contributed by atoms with Gasteiger partial charge in [-0.25, -0.2) is 4.98 Å². The third-order valence-electron chi connectivity index (χ3n) is 4.79. The Morgan fingerprint density at radius 2 is 2.17 bits per heavy atom. The van der Waals surface area contributed by atoms with Crippen molar-refractivity contribution in [3.8, 4) is 0 Å². The standard InChI is InChI=1S/C18H20ClN5/c19-17-7-6-14(18-16(17)5-3-8-21-18)10-23-9-2-1-4-15(23)11-24-13-20-12-22-24/h3,5-8,12-13,15H,1-2,4,9-11H2/t15-/m0/s1. The fraction of sp³-hybridized carbons (Fsp3) is 0.389. The molecule has 1 saturated heterocycles. The zero-order valence-electron chi connectivity index (χ0n) is 13.5. The molecule has 0 spiro atoms. The SMILES string of the molecule is Clc1ccc(CN2CCCC[C@H]2Cn2cncn2)c2ncccc12. The van der Waals surface area contributed by atoms with Crippen molar-refractivity contribution >= 4 is 22.5 Å². The van der Waals surface area contributed by atoms with Crippen molar-refractivity contribution in [1.29, 1.82) is 0 Å². The molecule has 3 aromatic rings. The molecule has 124 valence electrons. The van der Waals surface area contributed by atoms with Crippen LogP contribution in [0.25, 0.3) is 10.9 Å². The first-order chi connectivity index (χ1) is 11.8. The Balaban J connectivity index is 1.60. The second kappa shape index (κ2) is 6.87. The Hall–Kier alpha value is -1.98. The fourth-order valence-corrected chi connectivity index (χ4v) is 3.78. The molecule has 2 aromatic heterocycles. The summed E-state index contributed by atoms with van der Waals surface area (Å²) in [6, 6.07) is 8.55. The van der Waals surface area contributed by atoms with Crippen LogP contribution in [0.3, 0.4) is 0 Å². The molecule has 1 fully saturated rings. The van der Waals surface area contributed by atoms with E-state index in [1.165, 1.54) is 24.8 Å². The van der Waals surface area contributed by atoms with Crippen LogP contribution in [0, 0.1) is 0 Å². The number of likely N-dealkylation sites (tertiary alicyclic amines) is 1. The molecule has 24 heavy (non-hydrogen) atoms. The highest BCUT2D eigenvalue weighted by atomic mass is 35.5. The summed E-state index contributed by atoms with van der Waals surface area (Å²) in [5.74, 6) is 0. The molecule has 0 amide bonds. The van der Waals surface area contributed by atoms with Crippen LogP contribution < -0.4 is 0 Å². The first-order valence-electron chi connectivity index (χ1n) is 8.40. The quantitative estimate of drug-likeness (QED) is 0.728. The predicted octanol–water partition coefficient (Wildman–Crippen LogP) is 3.53. The summed E-state index contributed by atoms with van der Waals surface area (Å²) in [5, 5.41) is 6.06. The van der Waals surface area contributed by atoms with E-state index in [1.54, 1.807) is 12.7 Å². The first-order valence-corrected chi connectivity index (χ1v) is 8.77. The topological polar surface area (TPSA) is 46.8 Å². The summed E-state index contributed by atoms with van der Waals surface area (Å²) in [4.78, 5) is 11.2. The van der Waals surface area contributed by atoms with E-state index in [1.807, 2.05) is 29.1 Å². The van der Waals surface area contributed by atoms with Gasteiger partial charge >= 0.3 is 0 Å². The van der Waals surface area contributed by atoms with Crippen molar-refractivity contribution in [3.63, 3.8) is 0 Å². The molecule has 1 aromatic carbocycles. The first kappa shape index (κ1) is 15.5. The van der Waals surface area contributed by atoms with Crippen LogP contribution in [0.5, 0.6) is 0 Å². The van der Waals surface area contributed by atoms with Gasteiger partial charge in [-0.15, -0.1) is 0 Å². The van der Waals surface area contributed by atoms with Gasteiger partial charge in [-0.3, -0.25) is 14.6 Å². The molecule has 0 aliphatic carbocycles. The molecule has 1 atom stereocenters. The van der Waals surface area contributed by atoms with E-state index in [2.05, 4.69) is 26.0 Å². The lowest BCUT2D eigenvalue weighted by Gasteiger charge is -2.35. The number of piperidine rings is 1. The van der Waals surface area contributed by atoms with Crippen LogP contribution in [0.1, 0.15) is 24.8 Å². The van der Waals surface area contributed by atoms with Crippen molar-refractivity contribution in [2.45, 2.75) is 38.4 Å². The molecule has 4 rings (SSSR count). The average molecular weight is 342 g/mol. The summed E-state index contributed by atoms with van der Waals surface area (Å²) in [7, 11) is 0. The highest BCUT2D eigenvalue weighted by molar-refractivity contribution is 6.35. The monoisotopic (exact) mass is 341 g/mol. The van der Waals surface area contributed by atoms with E-state index in [-0.39, 0.29) is 0 Å². The number of fused-ring (bicyclic) bond motifs is 1. The molecular formula is C18H20ClN5. The zero-order chi connectivity index (χ0) is 16.4. The van der Waals surface area contributed by atoms with E-state index < -0.39 is 0 Å². The molecule has 0 N–H and O–H groups in total. The van der Waals surface area contributed by atoms with Gasteiger partial charge in [0.05, 0.1) is 12.1 Å². The van der Waals surface area contributed by atoms with Gasteiger partial charge in [0.1, 0.15) is 12.7 Å². The summed E-state index contributed by atoms with van der Waals surface area (Å²) >= 11 is 6.32. The summed E-state index contributed by atoms with van der Waals surface area (Å²) in [6.07, 6.45) is 8.95. The minimum atomic E-state index is 0.481. The van der Waals surface area contributed by atoms with Crippen molar-refractivity contribution in [3.05, 3.63) is 53.7 Å². The Morgan fingerprint density at radius 3 is 3.04 bits per heavy atom. The third kappa shape index (κ3) is 3.14. The van der Waals surface area contributed by atoms with Crippen LogP contribution in [0.15, 0.2) is 43.1 Å². The van der Waals surface area contributed by atoms with Crippen LogP contribution >= 0.6 is 11.6 Å². The molecule has 0 radical (unpaired) electrons. The molecule has 1 aliphatic rings. The maximum absolute atomic E-state index is 6.32. The van der Waals surface area contributed by atoms with E-state index >= 15 is 0 Å². The third-order valence-corrected chi connectivity index (χ3v) is 5.12. The number of rotatable bonds is 4. The molecule has 6 heteroatoms. The van der Waals surface area contributed by atoms with Gasteiger partial charge in [-0.05, 0) is 43.1 Å². The second-order valence-electron chi connectivity index (χ2n) is 6.34. The van der Waals surface area contributed by atoms with Gasteiger partial charge in [0.15, 0.2) is 0 Å². The van der Waals surface area contributed by atoms with Crippen LogP contribution in [-0.2, 0) is 13.1 Å². The smallest absolute Gasteiger partial charge is 0.137 e. The molecule has 5 nitrogen and oxygen atoms in total. The Labute approximate surface area is 146 Å².